The van der Waals surface area contributed by atoms with Gasteiger partial charge in [-0.15, -0.1) is 0 Å². The summed E-state index contributed by atoms with van der Waals surface area (Å²) in [6.07, 6.45) is 1.38. The molecular formula is C16H12N2O4. The Morgan fingerprint density at radius 3 is 2.68 bits per heavy atom. The van der Waals surface area contributed by atoms with Gasteiger partial charge in [0.15, 0.2) is 0 Å². The first-order valence-corrected chi connectivity index (χ1v) is 6.54. The number of esters is 1. The third kappa shape index (κ3) is 2.20. The molecule has 0 spiro atoms. The summed E-state index contributed by atoms with van der Waals surface area (Å²) in [5, 5.41) is 12.1. The van der Waals surface area contributed by atoms with Crippen LogP contribution < -0.4 is 5.56 Å². The zero-order valence-corrected chi connectivity index (χ0v) is 11.5. The van der Waals surface area contributed by atoms with Gasteiger partial charge in [0.2, 0.25) is 0 Å². The Kier molecular flexibility index (Phi) is 3.34. The minimum Gasteiger partial charge on any atom is -0.456 e. The number of hydrogen-bond donors (Lipinski definition) is 1. The van der Waals surface area contributed by atoms with Crippen molar-refractivity contribution in [3.8, 4) is 0 Å². The van der Waals surface area contributed by atoms with E-state index in [9.17, 15) is 14.8 Å². The van der Waals surface area contributed by atoms with Gasteiger partial charge in [0, 0.05) is 0 Å². The second-order valence-corrected chi connectivity index (χ2v) is 4.66. The van der Waals surface area contributed by atoms with E-state index in [0.717, 1.165) is 10.8 Å². The van der Waals surface area contributed by atoms with E-state index >= 15 is 0 Å². The number of aromatic nitrogens is 2. The molecule has 1 heterocycles. The average molecular weight is 296 g/mol. The molecule has 0 bridgehead atoms. The van der Waals surface area contributed by atoms with Crippen molar-refractivity contribution in [3.05, 3.63) is 65.2 Å². The highest BCUT2D eigenvalue weighted by Crippen LogP contribution is 2.20. The summed E-state index contributed by atoms with van der Waals surface area (Å²) in [7, 11) is 0. The fourth-order valence-electron chi connectivity index (χ4n) is 2.22. The van der Waals surface area contributed by atoms with Crippen molar-refractivity contribution in [2.75, 3.05) is 6.61 Å². The molecule has 0 aliphatic heterocycles. The second kappa shape index (κ2) is 5.33. The normalized spacial score (nSPS) is 10.7. The quantitative estimate of drug-likeness (QED) is 0.346. The summed E-state index contributed by atoms with van der Waals surface area (Å²) in [4.78, 5) is 27.6. The molecule has 0 unspecified atom stereocenters. The van der Waals surface area contributed by atoms with Crippen LogP contribution in [0.25, 0.3) is 21.7 Å². The van der Waals surface area contributed by atoms with Crippen molar-refractivity contribution in [2.45, 2.75) is 0 Å². The van der Waals surface area contributed by atoms with E-state index in [-0.39, 0.29) is 17.5 Å². The van der Waals surface area contributed by atoms with Crippen molar-refractivity contribution in [2.24, 2.45) is 0 Å². The van der Waals surface area contributed by atoms with E-state index in [4.69, 9.17) is 4.74 Å². The van der Waals surface area contributed by atoms with Crippen LogP contribution in [0.1, 0.15) is 10.6 Å². The Morgan fingerprint density at radius 1 is 1.32 bits per heavy atom. The molecule has 2 aromatic carbocycles. The molecule has 0 aliphatic carbocycles. The minimum atomic E-state index is -0.894. The highest BCUT2D eigenvalue weighted by Gasteiger charge is 2.18. The fourth-order valence-corrected chi connectivity index (χ4v) is 2.22. The molecule has 0 aliphatic rings. The average Bonchev–Trinajstić information content (AvgIpc) is 2.54. The number of ether oxygens (including phenoxy) is 1. The largest absolute Gasteiger partial charge is 0.456 e. The van der Waals surface area contributed by atoms with Crippen molar-refractivity contribution >= 4 is 27.6 Å². The van der Waals surface area contributed by atoms with Gasteiger partial charge in [-0.2, -0.15) is 9.71 Å². The van der Waals surface area contributed by atoms with Crippen LogP contribution in [-0.4, -0.2) is 27.5 Å². The standard InChI is InChI=1S/C16H12N2O4/c1-2-7-22-16(20)14-17-15(19)12-8-10-5-3-4-6-11(10)9-13(12)18(14)21/h2-6,8-9,21H,1,7H2. The molecule has 3 aromatic rings. The first-order chi connectivity index (χ1) is 10.6. The number of rotatable bonds is 3. The van der Waals surface area contributed by atoms with Crippen LogP contribution in [0.4, 0.5) is 0 Å². The predicted molar refractivity (Wildman–Crippen MR) is 81.2 cm³/mol. The third-order valence-corrected chi connectivity index (χ3v) is 3.25. The summed E-state index contributed by atoms with van der Waals surface area (Å²) >= 11 is 0. The van der Waals surface area contributed by atoms with Crippen molar-refractivity contribution in [1.29, 1.82) is 0 Å². The lowest BCUT2D eigenvalue weighted by Crippen LogP contribution is -2.23. The second-order valence-electron chi connectivity index (χ2n) is 4.66. The first-order valence-electron chi connectivity index (χ1n) is 6.54. The lowest BCUT2D eigenvalue weighted by Gasteiger charge is -2.09. The Hall–Kier alpha value is -3.15. The van der Waals surface area contributed by atoms with Gasteiger partial charge in [0.25, 0.3) is 11.4 Å². The van der Waals surface area contributed by atoms with Crippen LogP contribution in [0.2, 0.25) is 0 Å². The molecule has 1 aromatic heterocycles. The van der Waals surface area contributed by atoms with Gasteiger partial charge in [0.05, 0.1) is 10.9 Å². The van der Waals surface area contributed by atoms with E-state index in [1.54, 1.807) is 12.1 Å². The molecule has 0 saturated carbocycles. The van der Waals surface area contributed by atoms with Gasteiger partial charge in [-0.3, -0.25) is 4.79 Å². The van der Waals surface area contributed by atoms with Crippen LogP contribution in [0.5, 0.6) is 0 Å². The monoisotopic (exact) mass is 296 g/mol. The summed E-state index contributed by atoms with van der Waals surface area (Å²) in [6, 6.07) is 10.6. The molecule has 110 valence electrons. The molecule has 0 saturated heterocycles. The van der Waals surface area contributed by atoms with E-state index in [1.165, 1.54) is 6.08 Å². The van der Waals surface area contributed by atoms with Crippen molar-refractivity contribution in [3.63, 3.8) is 0 Å². The summed E-state index contributed by atoms with van der Waals surface area (Å²) in [5.74, 6) is -1.36. The lowest BCUT2D eigenvalue weighted by atomic mass is 10.1. The number of benzene rings is 2. The van der Waals surface area contributed by atoms with Gasteiger partial charge in [0.1, 0.15) is 6.61 Å². The van der Waals surface area contributed by atoms with Crippen molar-refractivity contribution < 1.29 is 14.7 Å². The van der Waals surface area contributed by atoms with Gasteiger partial charge in [-0.1, -0.05) is 36.9 Å². The number of nitrogens with zero attached hydrogens (tertiary/aromatic N) is 2. The Balaban J connectivity index is 2.27. The highest BCUT2D eigenvalue weighted by atomic mass is 16.5. The predicted octanol–water partition coefficient (Wildman–Crippen LogP) is 2.13. The zero-order valence-electron chi connectivity index (χ0n) is 11.5. The topological polar surface area (TPSA) is 81.4 Å². The Morgan fingerprint density at radius 2 is 2.00 bits per heavy atom. The molecule has 6 heteroatoms. The van der Waals surface area contributed by atoms with Crippen LogP contribution in [-0.2, 0) is 4.74 Å². The molecular weight excluding hydrogens is 284 g/mol. The van der Waals surface area contributed by atoms with Gasteiger partial charge >= 0.3 is 5.97 Å². The van der Waals surface area contributed by atoms with E-state index in [0.29, 0.717) is 4.73 Å². The van der Waals surface area contributed by atoms with Crippen LogP contribution in [0.15, 0.2) is 53.8 Å². The first kappa shape index (κ1) is 13.8. The maximum absolute atomic E-state index is 12.1. The lowest BCUT2D eigenvalue weighted by molar-refractivity contribution is 0.0488. The number of fused-ring (bicyclic) bond motifs is 2. The Labute approximate surface area is 124 Å². The molecule has 0 radical (unpaired) electrons. The number of carbonyl (C=O) groups excluding carboxylic acids is 1. The number of hydrogen-bond acceptors (Lipinski definition) is 5. The molecule has 3 rings (SSSR count). The van der Waals surface area contributed by atoms with E-state index < -0.39 is 17.4 Å². The van der Waals surface area contributed by atoms with Crippen molar-refractivity contribution in [1.82, 2.24) is 9.71 Å². The SMILES string of the molecule is C=CCOC(=O)c1nc(=O)c2cc3ccccc3cc2n1O. The maximum atomic E-state index is 12.1. The van der Waals surface area contributed by atoms with Crippen LogP contribution in [0, 0.1) is 0 Å². The third-order valence-electron chi connectivity index (χ3n) is 3.25. The zero-order chi connectivity index (χ0) is 15.7. The Bertz CT molecular complexity index is 959. The molecule has 1 N–H and O–H groups in total. The van der Waals surface area contributed by atoms with Crippen LogP contribution in [0.3, 0.4) is 0 Å². The highest BCUT2D eigenvalue weighted by molar-refractivity contribution is 5.97. The van der Waals surface area contributed by atoms with Gasteiger partial charge in [-0.25, -0.2) is 4.79 Å². The van der Waals surface area contributed by atoms with Gasteiger partial charge in [-0.05, 0) is 22.9 Å². The summed E-state index contributed by atoms with van der Waals surface area (Å²) in [6.45, 7) is 3.38. The molecule has 22 heavy (non-hydrogen) atoms. The number of carbonyl (C=O) groups is 1. The molecule has 0 fully saturated rings. The smallest absolute Gasteiger partial charge is 0.378 e. The minimum absolute atomic E-state index is 0.0372. The summed E-state index contributed by atoms with van der Waals surface area (Å²) in [5.41, 5.74) is -0.402. The van der Waals surface area contributed by atoms with E-state index in [2.05, 4.69) is 11.6 Å². The molecule has 6 nitrogen and oxygen atoms in total. The summed E-state index contributed by atoms with van der Waals surface area (Å²) < 4.78 is 5.39. The molecule has 0 atom stereocenters. The van der Waals surface area contributed by atoms with Gasteiger partial charge < -0.3 is 9.94 Å². The van der Waals surface area contributed by atoms with Crippen LogP contribution >= 0.6 is 0 Å². The molecule has 0 amide bonds. The fraction of sp³-hybridized carbons (Fsp3) is 0.0625. The van der Waals surface area contributed by atoms with E-state index in [1.807, 2.05) is 24.3 Å². The maximum Gasteiger partial charge on any atom is 0.378 e.